The van der Waals surface area contributed by atoms with Gasteiger partial charge in [0.25, 0.3) is 0 Å². The summed E-state index contributed by atoms with van der Waals surface area (Å²) in [4.78, 5) is 8.00. The van der Waals surface area contributed by atoms with Gasteiger partial charge in [0.05, 0.1) is 6.21 Å². The molecule has 0 aliphatic rings. The fraction of sp³-hybridized carbons (Fsp3) is 0. The van der Waals surface area contributed by atoms with E-state index in [-0.39, 0.29) is 38.9 Å². The Bertz CT molecular complexity index is 1280. The van der Waals surface area contributed by atoms with E-state index in [9.17, 15) is 15.3 Å². The fourth-order valence-electron chi connectivity index (χ4n) is 2.60. The zero-order chi connectivity index (χ0) is 22.8. The van der Waals surface area contributed by atoms with E-state index in [1.807, 2.05) is 18.2 Å². The van der Waals surface area contributed by atoms with Gasteiger partial charge in [-0.15, -0.1) is 0 Å². The third-order valence-corrected chi connectivity index (χ3v) is 4.37. The van der Waals surface area contributed by atoms with Crippen molar-refractivity contribution >= 4 is 40.7 Å². The van der Waals surface area contributed by atoms with Crippen LogP contribution in [0, 0.1) is 0 Å². The van der Waals surface area contributed by atoms with E-state index in [2.05, 4.69) is 20.5 Å². The molecular weight excluding hydrogens is 483 g/mol. The van der Waals surface area contributed by atoms with Crippen LogP contribution in [-0.2, 0) is 16.5 Å². The molecule has 0 radical (unpaired) electrons. The number of aromatic nitrogens is 1. The summed E-state index contributed by atoms with van der Waals surface area (Å²) in [6.45, 7) is 0. The Kier molecular flexibility index (Phi) is 9.95. The smallest absolute Gasteiger partial charge is 0.213 e. The molecule has 9 heteroatoms. The summed E-state index contributed by atoms with van der Waals surface area (Å²) in [6, 6.07) is 22.7. The number of phenols is 3. The Balaban J connectivity index is 0.000000270. The molecule has 3 aromatic carbocycles. The van der Waals surface area contributed by atoms with Gasteiger partial charge in [0.2, 0.25) is 5.11 Å². The number of nitrogens with one attached hydrogen (secondary N) is 1. The first-order valence-electron chi connectivity index (χ1n) is 9.50. The summed E-state index contributed by atoms with van der Waals surface area (Å²) in [5.74, 6) is 0.497. The van der Waals surface area contributed by atoms with Crippen LogP contribution in [-0.4, -0.2) is 37.8 Å². The van der Waals surface area contributed by atoms with Crippen LogP contribution >= 0.6 is 12.2 Å². The van der Waals surface area contributed by atoms with Gasteiger partial charge in [-0.1, -0.05) is 42.5 Å². The molecule has 0 spiro atoms. The van der Waals surface area contributed by atoms with Crippen LogP contribution in [0.5, 0.6) is 17.2 Å². The zero-order valence-corrected chi connectivity index (χ0v) is 18.9. The van der Waals surface area contributed by atoms with E-state index >= 15 is 0 Å². The number of hydrazone groups is 1. The molecular formula is C24H20N4NiO3S. The van der Waals surface area contributed by atoms with Crippen LogP contribution in [0.3, 0.4) is 0 Å². The van der Waals surface area contributed by atoms with E-state index in [1.165, 1.54) is 12.4 Å². The number of benzene rings is 3. The molecule has 0 atom stereocenters. The van der Waals surface area contributed by atoms with E-state index in [0.29, 0.717) is 16.6 Å². The fourth-order valence-corrected chi connectivity index (χ4v) is 2.70. The summed E-state index contributed by atoms with van der Waals surface area (Å²) in [5.41, 5.74) is 4.35. The minimum atomic E-state index is 0. The van der Waals surface area contributed by atoms with Gasteiger partial charge in [0.1, 0.15) is 22.8 Å². The average Bonchev–Trinajstić information content (AvgIpc) is 2.81. The van der Waals surface area contributed by atoms with Crippen molar-refractivity contribution in [3.05, 3.63) is 96.2 Å². The largest absolute Gasteiger partial charge is 0.507 e. The van der Waals surface area contributed by atoms with Gasteiger partial charge >= 0.3 is 0 Å². The van der Waals surface area contributed by atoms with E-state index in [1.54, 1.807) is 66.9 Å². The van der Waals surface area contributed by atoms with Gasteiger partial charge in [-0.2, -0.15) is 5.10 Å². The molecule has 0 aliphatic carbocycles. The second-order valence-corrected chi connectivity index (χ2v) is 6.79. The number of aliphatic imine (C=N–C) groups is 1. The minimum absolute atomic E-state index is 0. The van der Waals surface area contributed by atoms with Crippen LogP contribution in [0.15, 0.2) is 95.2 Å². The molecule has 0 saturated heterocycles. The molecule has 0 saturated carbocycles. The number of rotatable bonds is 3. The number of fused-ring (bicyclic) bond motifs is 1. The van der Waals surface area contributed by atoms with Crippen molar-refractivity contribution in [2.45, 2.75) is 0 Å². The van der Waals surface area contributed by atoms with Crippen LogP contribution in [0.4, 0.5) is 0 Å². The van der Waals surface area contributed by atoms with E-state index < -0.39 is 0 Å². The van der Waals surface area contributed by atoms with Crippen LogP contribution in [0.25, 0.3) is 10.9 Å². The summed E-state index contributed by atoms with van der Waals surface area (Å²) in [6.07, 6.45) is 4.55. The first-order chi connectivity index (χ1) is 15.5. The number of thiocarbonyl (C=S) groups is 1. The first-order valence-corrected chi connectivity index (χ1v) is 9.91. The van der Waals surface area contributed by atoms with Crippen LogP contribution < -0.4 is 5.43 Å². The van der Waals surface area contributed by atoms with Crippen molar-refractivity contribution < 1.29 is 31.8 Å². The van der Waals surface area contributed by atoms with Gasteiger partial charge in [0, 0.05) is 45.4 Å². The Morgan fingerprint density at radius 3 is 1.97 bits per heavy atom. The van der Waals surface area contributed by atoms with Crippen molar-refractivity contribution in [2.24, 2.45) is 10.1 Å². The summed E-state index contributed by atoms with van der Waals surface area (Å²) < 4.78 is 0. The quantitative estimate of drug-likeness (QED) is 0.143. The molecule has 4 N–H and O–H groups in total. The van der Waals surface area contributed by atoms with Crippen molar-refractivity contribution in [1.82, 2.24) is 10.4 Å². The van der Waals surface area contributed by atoms with Gasteiger partial charge < -0.3 is 15.3 Å². The molecule has 170 valence electrons. The molecule has 4 aromatic rings. The molecule has 33 heavy (non-hydrogen) atoms. The number of pyridine rings is 1. The van der Waals surface area contributed by atoms with Crippen molar-refractivity contribution in [1.29, 1.82) is 0 Å². The molecule has 0 fully saturated rings. The molecule has 1 aromatic heterocycles. The molecule has 4 rings (SSSR count). The predicted molar refractivity (Wildman–Crippen MR) is 131 cm³/mol. The minimum Gasteiger partial charge on any atom is -0.507 e. The molecule has 0 aliphatic heterocycles. The summed E-state index contributed by atoms with van der Waals surface area (Å²) in [7, 11) is 0. The number of hydrogen-bond acceptors (Lipinski definition) is 6. The molecule has 0 amide bonds. The zero-order valence-electron chi connectivity index (χ0n) is 17.1. The van der Waals surface area contributed by atoms with Gasteiger partial charge in [-0.3, -0.25) is 10.4 Å². The van der Waals surface area contributed by atoms with Crippen LogP contribution in [0.2, 0.25) is 0 Å². The monoisotopic (exact) mass is 502 g/mol. The third kappa shape index (κ3) is 7.68. The Morgan fingerprint density at radius 2 is 1.33 bits per heavy atom. The second kappa shape index (κ2) is 12.9. The number of aromatic hydroxyl groups is 3. The SMILES string of the molecule is Oc1cccc2cccnc12.Oc1ccccc1/C=N\NC(=S)/N=C/c1ccccc1O.[Ni]. The van der Waals surface area contributed by atoms with E-state index in [0.717, 1.165) is 5.39 Å². The Morgan fingerprint density at radius 1 is 0.758 bits per heavy atom. The van der Waals surface area contributed by atoms with Gasteiger partial charge in [-0.05, 0) is 48.6 Å². The molecule has 7 nitrogen and oxygen atoms in total. The standard InChI is InChI=1S/C15H13N3O2S.C9H7NO.Ni/c19-13-7-3-1-5-11(13)9-16-15(21)18-17-10-12-6-2-4-8-14(12)20;11-8-5-1-3-7-4-2-6-10-9(7)8;/h1-10,19-20H,(H,18,21);1-6,11H;/b16-9+,17-10-;;. The van der Waals surface area contributed by atoms with Crippen molar-refractivity contribution in [3.8, 4) is 17.2 Å². The third-order valence-electron chi connectivity index (χ3n) is 4.17. The maximum Gasteiger partial charge on any atom is 0.213 e. The molecule has 0 unspecified atom stereocenters. The number of nitrogens with zero attached hydrogens (tertiary/aromatic N) is 3. The number of hydrogen-bond donors (Lipinski definition) is 4. The topological polar surface area (TPSA) is 110 Å². The first kappa shape index (κ1) is 25.5. The molecule has 0 bridgehead atoms. The van der Waals surface area contributed by atoms with Crippen molar-refractivity contribution in [2.75, 3.05) is 0 Å². The predicted octanol–water partition coefficient (Wildman–Crippen LogP) is 4.36. The summed E-state index contributed by atoms with van der Waals surface area (Å²) >= 11 is 4.98. The van der Waals surface area contributed by atoms with E-state index in [4.69, 9.17) is 12.2 Å². The van der Waals surface area contributed by atoms with Crippen LogP contribution in [0.1, 0.15) is 11.1 Å². The number of phenolic OH excluding ortho intramolecular Hbond substituents is 3. The number of para-hydroxylation sites is 3. The van der Waals surface area contributed by atoms with Crippen molar-refractivity contribution in [3.63, 3.8) is 0 Å². The Hall–Kier alpha value is -3.81. The maximum atomic E-state index is 9.57. The van der Waals surface area contributed by atoms with Gasteiger partial charge in [0.15, 0.2) is 0 Å². The average molecular weight is 503 g/mol. The second-order valence-electron chi connectivity index (χ2n) is 6.40. The normalized spacial score (nSPS) is 10.4. The Labute approximate surface area is 206 Å². The molecule has 1 heterocycles. The maximum absolute atomic E-state index is 9.57. The van der Waals surface area contributed by atoms with Gasteiger partial charge in [-0.25, -0.2) is 4.99 Å². The summed E-state index contributed by atoms with van der Waals surface area (Å²) in [5, 5.41) is 33.4.